The normalized spacial score (nSPS) is 10.5. The number of thiazole rings is 1. The summed E-state index contributed by atoms with van der Waals surface area (Å²) < 4.78 is 0. The van der Waals surface area contributed by atoms with Crippen molar-refractivity contribution in [3.63, 3.8) is 0 Å². The summed E-state index contributed by atoms with van der Waals surface area (Å²) in [7, 11) is 0. The Morgan fingerprint density at radius 3 is 2.70 bits per heavy atom. The number of aromatic nitrogens is 1. The number of carbonyl (C=O) groups excluding carboxylic acids is 1. The zero-order chi connectivity index (χ0) is 16.4. The number of aryl methyl sites for hydroxylation is 2. The molecule has 4 nitrogen and oxygen atoms in total. The van der Waals surface area contributed by atoms with E-state index >= 15 is 0 Å². The first-order chi connectivity index (χ1) is 11.0. The van der Waals surface area contributed by atoms with Crippen molar-refractivity contribution in [1.82, 2.24) is 4.98 Å². The third-order valence-corrected chi connectivity index (χ3v) is 4.41. The van der Waals surface area contributed by atoms with Gasteiger partial charge in [0, 0.05) is 16.6 Å². The predicted octanol–water partition coefficient (Wildman–Crippen LogP) is 3.53. The van der Waals surface area contributed by atoms with Crippen molar-refractivity contribution in [1.29, 1.82) is 0 Å². The average molecular weight is 323 g/mol. The summed E-state index contributed by atoms with van der Waals surface area (Å²) in [6.07, 6.45) is 0. The minimum atomic E-state index is -1.19. The summed E-state index contributed by atoms with van der Waals surface area (Å²) in [5.74, 6) is -1.19. The van der Waals surface area contributed by atoms with Crippen LogP contribution in [0.15, 0.2) is 47.8 Å². The van der Waals surface area contributed by atoms with Crippen LogP contribution in [0.1, 0.15) is 21.5 Å². The Bertz CT molecular complexity index is 871. The molecule has 0 aliphatic rings. The molecule has 0 fully saturated rings. The van der Waals surface area contributed by atoms with E-state index in [4.69, 9.17) is 0 Å². The third kappa shape index (κ3) is 3.40. The fourth-order valence-corrected chi connectivity index (χ4v) is 2.95. The second-order valence-electron chi connectivity index (χ2n) is 5.33. The average Bonchev–Trinajstić information content (AvgIpc) is 2.99. The van der Waals surface area contributed by atoms with Gasteiger partial charge in [0.2, 0.25) is 0 Å². The molecule has 0 saturated heterocycles. The lowest BCUT2D eigenvalue weighted by atomic mass is 10.1. The molecule has 2 aromatic carbocycles. The van der Waals surface area contributed by atoms with Crippen molar-refractivity contribution in [2.24, 2.45) is 0 Å². The van der Waals surface area contributed by atoms with E-state index in [1.54, 1.807) is 12.1 Å². The van der Waals surface area contributed by atoms with E-state index in [-0.39, 0.29) is 5.56 Å². The van der Waals surface area contributed by atoms with E-state index in [0.717, 1.165) is 11.3 Å². The van der Waals surface area contributed by atoms with Crippen molar-refractivity contribution in [2.45, 2.75) is 13.8 Å². The number of carboxylic acids is 1. The Balaban J connectivity index is 1.83. The highest BCUT2D eigenvalue weighted by molar-refractivity contribution is 7.14. The third-order valence-electron chi connectivity index (χ3n) is 3.66. The number of benzene rings is 2. The maximum atomic E-state index is 10.9. The van der Waals surface area contributed by atoms with Crippen LogP contribution < -0.4 is 10.4 Å². The SMILES string of the molecule is Cc1ccc(-c2csc(Nc3cccc(C(=O)[O-])c3)n2)cc1C. The number of nitrogens with zero attached hydrogens (tertiary/aromatic N) is 1. The molecule has 23 heavy (non-hydrogen) atoms. The van der Waals surface area contributed by atoms with Crippen molar-refractivity contribution in [3.8, 4) is 11.3 Å². The summed E-state index contributed by atoms with van der Waals surface area (Å²) in [5, 5.41) is 16.7. The molecule has 0 amide bonds. The Morgan fingerprint density at radius 2 is 1.96 bits per heavy atom. The van der Waals surface area contributed by atoms with Crippen molar-refractivity contribution >= 4 is 28.1 Å². The van der Waals surface area contributed by atoms with Gasteiger partial charge in [-0.25, -0.2) is 4.98 Å². The number of hydrogen-bond donors (Lipinski definition) is 1. The molecule has 0 unspecified atom stereocenters. The molecule has 116 valence electrons. The van der Waals surface area contributed by atoms with Gasteiger partial charge in [0.1, 0.15) is 0 Å². The van der Waals surface area contributed by atoms with Gasteiger partial charge >= 0.3 is 0 Å². The van der Waals surface area contributed by atoms with Gasteiger partial charge in [-0.2, -0.15) is 0 Å². The topological polar surface area (TPSA) is 65.0 Å². The zero-order valence-corrected chi connectivity index (χ0v) is 13.6. The van der Waals surface area contributed by atoms with Gasteiger partial charge in [0.15, 0.2) is 5.13 Å². The maximum Gasteiger partial charge on any atom is 0.187 e. The second-order valence-corrected chi connectivity index (χ2v) is 6.19. The molecule has 0 radical (unpaired) electrons. The first-order valence-corrected chi connectivity index (χ1v) is 8.02. The van der Waals surface area contributed by atoms with Crippen LogP contribution in [0.2, 0.25) is 0 Å². The first kappa shape index (κ1) is 15.2. The van der Waals surface area contributed by atoms with Crippen molar-refractivity contribution in [2.75, 3.05) is 5.32 Å². The Morgan fingerprint density at radius 1 is 1.13 bits per heavy atom. The fourth-order valence-electron chi connectivity index (χ4n) is 2.21. The molecule has 3 rings (SSSR count). The van der Waals surface area contributed by atoms with Crippen LogP contribution in [-0.4, -0.2) is 11.0 Å². The van der Waals surface area contributed by atoms with Gasteiger partial charge in [-0.1, -0.05) is 24.3 Å². The molecule has 0 spiro atoms. The standard InChI is InChI=1S/C18H16N2O2S/c1-11-6-7-13(8-12(11)2)16-10-23-18(20-16)19-15-5-3-4-14(9-15)17(21)22/h3-10H,1-2H3,(H,19,20)(H,21,22)/p-1. The monoisotopic (exact) mass is 323 g/mol. The largest absolute Gasteiger partial charge is 0.545 e. The highest BCUT2D eigenvalue weighted by Crippen LogP contribution is 2.28. The van der Waals surface area contributed by atoms with Crippen LogP contribution in [-0.2, 0) is 0 Å². The Hall–Kier alpha value is -2.66. The predicted molar refractivity (Wildman–Crippen MR) is 91.1 cm³/mol. The molecule has 3 aromatic rings. The van der Waals surface area contributed by atoms with Gasteiger partial charge in [0.05, 0.1) is 11.7 Å². The van der Waals surface area contributed by atoms with E-state index in [9.17, 15) is 9.90 Å². The lowest BCUT2D eigenvalue weighted by molar-refractivity contribution is -0.255. The highest BCUT2D eigenvalue weighted by Gasteiger charge is 2.06. The number of anilines is 2. The number of carbonyl (C=O) groups is 1. The number of rotatable bonds is 4. The van der Waals surface area contributed by atoms with Gasteiger partial charge in [-0.15, -0.1) is 11.3 Å². The molecule has 0 atom stereocenters. The number of nitrogens with one attached hydrogen (secondary N) is 1. The lowest BCUT2D eigenvalue weighted by Gasteiger charge is -2.06. The summed E-state index contributed by atoms with van der Waals surface area (Å²) >= 11 is 1.48. The molecule has 1 N–H and O–H groups in total. The number of carboxylic acid groups (broad SMARTS) is 1. The Kier molecular flexibility index (Phi) is 4.12. The lowest BCUT2D eigenvalue weighted by Crippen LogP contribution is -2.22. The molecule has 0 bridgehead atoms. The van der Waals surface area contributed by atoms with Crippen LogP contribution in [0.4, 0.5) is 10.8 Å². The maximum absolute atomic E-state index is 10.9. The molecule has 1 heterocycles. The quantitative estimate of drug-likeness (QED) is 0.797. The molecule has 0 aliphatic carbocycles. The highest BCUT2D eigenvalue weighted by atomic mass is 32.1. The summed E-state index contributed by atoms with van der Waals surface area (Å²) in [6, 6.07) is 12.8. The molecule has 0 saturated carbocycles. The van der Waals surface area contributed by atoms with E-state index in [2.05, 4.69) is 42.3 Å². The van der Waals surface area contributed by atoms with Crippen LogP contribution in [0.5, 0.6) is 0 Å². The van der Waals surface area contributed by atoms with Crippen LogP contribution >= 0.6 is 11.3 Å². The van der Waals surface area contributed by atoms with Gasteiger partial charge in [0.25, 0.3) is 0 Å². The van der Waals surface area contributed by atoms with Gasteiger partial charge in [-0.3, -0.25) is 0 Å². The van der Waals surface area contributed by atoms with Gasteiger partial charge < -0.3 is 15.2 Å². The number of aromatic carboxylic acids is 1. The minimum absolute atomic E-state index is 0.140. The summed E-state index contributed by atoms with van der Waals surface area (Å²) in [6.45, 7) is 4.16. The molecular weight excluding hydrogens is 308 g/mol. The number of hydrogen-bond acceptors (Lipinski definition) is 5. The summed E-state index contributed by atoms with van der Waals surface area (Å²) in [5.41, 5.74) is 5.26. The molecule has 0 aliphatic heterocycles. The van der Waals surface area contributed by atoms with Gasteiger partial charge in [-0.05, 0) is 48.7 Å². The Labute approximate surface area is 138 Å². The van der Waals surface area contributed by atoms with Crippen molar-refractivity contribution in [3.05, 3.63) is 64.5 Å². The van der Waals surface area contributed by atoms with Crippen LogP contribution in [0.3, 0.4) is 0 Å². The van der Waals surface area contributed by atoms with Crippen LogP contribution in [0, 0.1) is 13.8 Å². The smallest absolute Gasteiger partial charge is 0.187 e. The first-order valence-electron chi connectivity index (χ1n) is 7.14. The van der Waals surface area contributed by atoms with E-state index in [1.807, 2.05) is 5.38 Å². The molecule has 5 heteroatoms. The molecular formula is C18H15N2O2S-. The molecule has 1 aromatic heterocycles. The zero-order valence-electron chi connectivity index (χ0n) is 12.8. The van der Waals surface area contributed by atoms with E-state index < -0.39 is 5.97 Å². The second kappa shape index (κ2) is 6.22. The van der Waals surface area contributed by atoms with Crippen LogP contribution in [0.25, 0.3) is 11.3 Å². The van der Waals surface area contributed by atoms with Crippen molar-refractivity contribution < 1.29 is 9.90 Å². The van der Waals surface area contributed by atoms with E-state index in [1.165, 1.54) is 34.6 Å². The fraction of sp³-hybridized carbons (Fsp3) is 0.111. The van der Waals surface area contributed by atoms with E-state index in [0.29, 0.717) is 10.8 Å². The minimum Gasteiger partial charge on any atom is -0.545 e. The summed E-state index contributed by atoms with van der Waals surface area (Å²) in [4.78, 5) is 15.5.